The average Bonchev–Trinajstić information content (AvgIpc) is 3.53. The maximum atomic E-state index is 12.9. The maximum absolute atomic E-state index is 12.9. The van der Waals surface area contributed by atoms with E-state index in [1.807, 2.05) is 66.3 Å². The fraction of sp³-hybridized carbons (Fsp3) is 0.143. The molecule has 0 fully saturated rings. The summed E-state index contributed by atoms with van der Waals surface area (Å²) in [6, 6.07) is 26.4. The van der Waals surface area contributed by atoms with Gasteiger partial charge in [0.25, 0.3) is 0 Å². The van der Waals surface area contributed by atoms with Gasteiger partial charge >= 0.3 is 0 Å². The van der Waals surface area contributed by atoms with Gasteiger partial charge in [0.05, 0.1) is 6.54 Å². The number of aromatic nitrogens is 5. The minimum atomic E-state index is -0.134. The molecule has 5 rings (SSSR count). The average molecular weight is 495 g/mol. The summed E-state index contributed by atoms with van der Waals surface area (Å²) < 4.78 is 4.04. The summed E-state index contributed by atoms with van der Waals surface area (Å²) in [4.78, 5) is 12.9. The predicted molar refractivity (Wildman–Crippen MR) is 143 cm³/mol. The van der Waals surface area contributed by atoms with Gasteiger partial charge in [-0.1, -0.05) is 72.3 Å². The highest BCUT2D eigenvalue weighted by Gasteiger charge is 2.13. The summed E-state index contributed by atoms with van der Waals surface area (Å²) in [7, 11) is 0. The molecule has 0 atom stereocenters. The van der Waals surface area contributed by atoms with Gasteiger partial charge in [0.15, 0.2) is 10.6 Å². The van der Waals surface area contributed by atoms with Gasteiger partial charge in [-0.25, -0.2) is 0 Å². The molecule has 0 saturated heterocycles. The lowest BCUT2D eigenvalue weighted by Gasteiger charge is -2.13. The molecule has 0 unspecified atom stereocenters. The van der Waals surface area contributed by atoms with Crippen LogP contribution in [0.15, 0.2) is 91.3 Å². The molecule has 0 saturated carbocycles. The van der Waals surface area contributed by atoms with Crippen molar-refractivity contribution in [2.75, 3.05) is 0 Å². The van der Waals surface area contributed by atoms with Crippen LogP contribution in [0.4, 0.5) is 0 Å². The summed E-state index contributed by atoms with van der Waals surface area (Å²) in [6.07, 6.45) is 3.73. The number of carbonyl (C=O) groups is 1. The van der Waals surface area contributed by atoms with Gasteiger partial charge in [0, 0.05) is 24.5 Å². The van der Waals surface area contributed by atoms with Crippen molar-refractivity contribution in [3.05, 3.63) is 113 Å². The van der Waals surface area contributed by atoms with Crippen molar-refractivity contribution in [1.29, 1.82) is 0 Å². The van der Waals surface area contributed by atoms with Crippen LogP contribution in [0.2, 0.25) is 0 Å². The minimum absolute atomic E-state index is 0.0862. The van der Waals surface area contributed by atoms with Gasteiger partial charge in [-0.3, -0.25) is 19.1 Å². The molecular formula is C28H26N6OS. The standard InChI is InChI=1S/C28H26N6OS/c1-20-6-4-8-23(16-20)27-31-32-28(36)34(27)19-26(35)29-17-24-7-2-3-9-25(24)22-12-10-21(11-13-22)18-33-15-5-14-30-33/h2-16H,17-19H2,1H3,(H,29,35)(H,32,36). The van der Waals surface area contributed by atoms with Crippen LogP contribution in [0.25, 0.3) is 22.5 Å². The third-order valence-electron chi connectivity index (χ3n) is 6.00. The Bertz CT molecular complexity index is 1530. The molecule has 8 heteroatoms. The second-order valence-corrected chi connectivity index (χ2v) is 9.03. The highest BCUT2D eigenvalue weighted by Crippen LogP contribution is 2.24. The van der Waals surface area contributed by atoms with Gasteiger partial charge in [-0.05, 0) is 53.5 Å². The number of hydrogen-bond acceptors (Lipinski definition) is 4. The second kappa shape index (κ2) is 10.5. The number of nitrogens with zero attached hydrogens (tertiary/aromatic N) is 4. The Morgan fingerprint density at radius 1 is 1.00 bits per heavy atom. The van der Waals surface area contributed by atoms with Crippen LogP contribution >= 0.6 is 12.2 Å². The number of rotatable bonds is 8. The SMILES string of the molecule is Cc1cccc(-c2n[nH]c(=S)n2CC(=O)NCc2ccccc2-c2ccc(Cn3cccn3)cc2)c1. The minimum Gasteiger partial charge on any atom is -0.350 e. The first-order valence-electron chi connectivity index (χ1n) is 11.7. The van der Waals surface area contributed by atoms with Crippen LogP contribution in [0.1, 0.15) is 16.7 Å². The lowest BCUT2D eigenvalue weighted by Crippen LogP contribution is -2.27. The number of carbonyl (C=O) groups excluding carboxylic acids is 1. The number of H-pyrrole nitrogens is 1. The van der Waals surface area contributed by atoms with E-state index in [0.29, 0.717) is 17.1 Å². The third kappa shape index (κ3) is 5.34. The van der Waals surface area contributed by atoms with E-state index >= 15 is 0 Å². The smallest absolute Gasteiger partial charge is 0.240 e. The number of aryl methyl sites for hydroxylation is 1. The topological polar surface area (TPSA) is 80.5 Å². The van der Waals surface area contributed by atoms with Crippen LogP contribution in [0, 0.1) is 11.7 Å². The molecule has 180 valence electrons. The Labute approximate surface area is 214 Å². The van der Waals surface area contributed by atoms with Crippen molar-refractivity contribution in [2.45, 2.75) is 26.6 Å². The largest absolute Gasteiger partial charge is 0.350 e. The fourth-order valence-corrected chi connectivity index (χ4v) is 4.39. The van der Waals surface area contributed by atoms with E-state index in [4.69, 9.17) is 12.2 Å². The number of benzene rings is 3. The van der Waals surface area contributed by atoms with Gasteiger partial charge < -0.3 is 5.32 Å². The zero-order valence-corrected chi connectivity index (χ0v) is 20.7. The zero-order chi connectivity index (χ0) is 24.9. The highest BCUT2D eigenvalue weighted by atomic mass is 32.1. The first-order chi connectivity index (χ1) is 17.6. The number of nitrogens with one attached hydrogen (secondary N) is 2. The normalized spacial score (nSPS) is 10.9. The van der Waals surface area contributed by atoms with Crippen molar-refractivity contribution in [1.82, 2.24) is 29.9 Å². The van der Waals surface area contributed by atoms with Crippen LogP contribution < -0.4 is 5.32 Å². The van der Waals surface area contributed by atoms with E-state index in [1.165, 1.54) is 5.56 Å². The zero-order valence-electron chi connectivity index (χ0n) is 19.9. The summed E-state index contributed by atoms with van der Waals surface area (Å²) >= 11 is 5.39. The molecule has 7 nitrogen and oxygen atoms in total. The summed E-state index contributed by atoms with van der Waals surface area (Å²) in [5.41, 5.74) is 6.43. The van der Waals surface area contributed by atoms with Crippen LogP contribution in [-0.4, -0.2) is 30.5 Å². The van der Waals surface area contributed by atoms with Crippen molar-refractivity contribution in [3.63, 3.8) is 0 Å². The first-order valence-corrected chi connectivity index (χ1v) is 12.1. The molecule has 36 heavy (non-hydrogen) atoms. The van der Waals surface area contributed by atoms with Crippen LogP contribution in [-0.2, 0) is 24.4 Å². The van der Waals surface area contributed by atoms with E-state index in [2.05, 4.69) is 50.9 Å². The molecule has 2 aromatic heterocycles. The van der Waals surface area contributed by atoms with Crippen molar-refractivity contribution < 1.29 is 4.79 Å². The van der Waals surface area contributed by atoms with Gasteiger partial charge in [-0.15, -0.1) is 0 Å². The Morgan fingerprint density at radius 3 is 2.61 bits per heavy atom. The van der Waals surface area contributed by atoms with E-state index in [-0.39, 0.29) is 12.5 Å². The first kappa shape index (κ1) is 23.4. The van der Waals surface area contributed by atoms with E-state index < -0.39 is 0 Å². The molecule has 0 spiro atoms. The van der Waals surface area contributed by atoms with E-state index in [9.17, 15) is 4.79 Å². The number of hydrogen-bond donors (Lipinski definition) is 2. The number of aromatic amines is 1. The van der Waals surface area contributed by atoms with Crippen LogP contribution in [0.3, 0.4) is 0 Å². The van der Waals surface area contributed by atoms with Crippen molar-refractivity contribution >= 4 is 18.1 Å². The van der Waals surface area contributed by atoms with Gasteiger partial charge in [-0.2, -0.15) is 10.2 Å². The molecule has 2 N–H and O–H groups in total. The van der Waals surface area contributed by atoms with Gasteiger partial charge in [0.1, 0.15) is 6.54 Å². The molecule has 1 amide bonds. The quantitative estimate of drug-likeness (QED) is 0.293. The summed E-state index contributed by atoms with van der Waals surface area (Å²) in [5, 5.41) is 14.5. The molecule has 5 aromatic rings. The van der Waals surface area contributed by atoms with Gasteiger partial charge in [0.2, 0.25) is 5.91 Å². The van der Waals surface area contributed by atoms with E-state index in [1.54, 1.807) is 10.8 Å². The molecule has 0 aliphatic heterocycles. The molecule has 0 aliphatic rings. The highest BCUT2D eigenvalue weighted by molar-refractivity contribution is 7.71. The summed E-state index contributed by atoms with van der Waals surface area (Å²) in [6.45, 7) is 3.25. The molecule has 0 radical (unpaired) electrons. The molecule has 0 bridgehead atoms. The monoisotopic (exact) mass is 494 g/mol. The molecule has 2 heterocycles. The fourth-order valence-electron chi connectivity index (χ4n) is 4.19. The van der Waals surface area contributed by atoms with E-state index in [0.717, 1.165) is 34.4 Å². The number of amides is 1. The molecular weight excluding hydrogens is 468 g/mol. The molecule has 3 aromatic carbocycles. The summed E-state index contributed by atoms with van der Waals surface area (Å²) in [5.74, 6) is 0.514. The molecule has 0 aliphatic carbocycles. The lowest BCUT2D eigenvalue weighted by atomic mass is 9.98. The Hall–Kier alpha value is -4.30. The third-order valence-corrected chi connectivity index (χ3v) is 6.31. The Morgan fingerprint density at radius 2 is 1.83 bits per heavy atom. The Balaban J connectivity index is 1.28. The Kier molecular flexibility index (Phi) is 6.86. The predicted octanol–water partition coefficient (Wildman–Crippen LogP) is 5.14. The maximum Gasteiger partial charge on any atom is 0.240 e. The van der Waals surface area contributed by atoms with Crippen LogP contribution in [0.5, 0.6) is 0 Å². The van der Waals surface area contributed by atoms with Crippen molar-refractivity contribution in [2.24, 2.45) is 0 Å². The lowest BCUT2D eigenvalue weighted by molar-refractivity contribution is -0.121. The van der Waals surface area contributed by atoms with Crippen molar-refractivity contribution in [3.8, 4) is 22.5 Å². The second-order valence-electron chi connectivity index (χ2n) is 8.64.